The highest BCUT2D eigenvalue weighted by Crippen LogP contribution is 2.38. The van der Waals surface area contributed by atoms with Crippen molar-refractivity contribution in [3.8, 4) is 5.75 Å². The quantitative estimate of drug-likeness (QED) is 0.402. The van der Waals surface area contributed by atoms with E-state index in [1.54, 1.807) is 11.0 Å². The van der Waals surface area contributed by atoms with Gasteiger partial charge in [0.05, 0.1) is 9.38 Å². The predicted molar refractivity (Wildman–Crippen MR) is 120 cm³/mol. The summed E-state index contributed by atoms with van der Waals surface area (Å²) >= 11 is 6.89. The SMILES string of the molecule is CC(C)N=C1S/C(=C/c2cc(I)cc(Br)c2OCC(=O)O)C(=O)N1C(C)C. The summed E-state index contributed by atoms with van der Waals surface area (Å²) in [6.07, 6.45) is 1.73. The molecule has 0 aliphatic carbocycles. The van der Waals surface area contributed by atoms with Crippen LogP contribution in [0.3, 0.4) is 0 Å². The Balaban J connectivity index is 2.48. The van der Waals surface area contributed by atoms with E-state index in [2.05, 4.69) is 43.5 Å². The molecule has 1 saturated heterocycles. The van der Waals surface area contributed by atoms with Gasteiger partial charge in [0.2, 0.25) is 0 Å². The molecule has 2 rings (SSSR count). The van der Waals surface area contributed by atoms with Crippen molar-refractivity contribution in [2.24, 2.45) is 4.99 Å². The van der Waals surface area contributed by atoms with E-state index in [-0.39, 0.29) is 18.0 Å². The number of aliphatic imine (C=N–C) groups is 1. The zero-order valence-corrected chi connectivity index (χ0v) is 19.9. The molecule has 146 valence electrons. The van der Waals surface area contributed by atoms with E-state index in [9.17, 15) is 9.59 Å². The van der Waals surface area contributed by atoms with Gasteiger partial charge in [-0.15, -0.1) is 0 Å². The maximum Gasteiger partial charge on any atom is 0.341 e. The highest BCUT2D eigenvalue weighted by molar-refractivity contribution is 14.1. The molecule has 1 aromatic rings. The third kappa shape index (κ3) is 5.71. The normalized spacial score (nSPS) is 17.6. The highest BCUT2D eigenvalue weighted by atomic mass is 127. The number of benzene rings is 1. The van der Waals surface area contributed by atoms with Crippen LogP contribution in [0.5, 0.6) is 5.75 Å². The first-order chi connectivity index (χ1) is 12.6. The summed E-state index contributed by atoms with van der Waals surface area (Å²) in [6, 6.07) is 3.73. The first kappa shape index (κ1) is 22.2. The number of amides is 1. The Bertz CT molecular complexity index is 824. The standard InChI is InChI=1S/C18H20BrIN2O4S/c1-9(2)21-18-22(10(3)4)17(25)14(27-18)6-11-5-12(20)7-13(19)16(11)26-8-15(23)24/h5-7,9-10H,8H2,1-4H3,(H,23,24)/b14-6+,21-18?. The van der Waals surface area contributed by atoms with Gasteiger partial charge >= 0.3 is 5.97 Å². The average molecular weight is 567 g/mol. The van der Waals surface area contributed by atoms with Gasteiger partial charge in [0, 0.05) is 21.2 Å². The molecule has 0 aromatic heterocycles. The largest absolute Gasteiger partial charge is 0.480 e. The van der Waals surface area contributed by atoms with Gasteiger partial charge < -0.3 is 9.84 Å². The minimum Gasteiger partial charge on any atom is -0.480 e. The molecular formula is C18H20BrIN2O4S. The molecule has 1 fully saturated rings. The summed E-state index contributed by atoms with van der Waals surface area (Å²) in [5.41, 5.74) is 0.639. The fourth-order valence-corrected chi connectivity index (χ4v) is 5.26. The number of carbonyl (C=O) groups excluding carboxylic acids is 1. The van der Waals surface area contributed by atoms with E-state index in [1.165, 1.54) is 11.8 Å². The molecular weight excluding hydrogens is 547 g/mol. The van der Waals surface area contributed by atoms with Crippen LogP contribution in [0.2, 0.25) is 0 Å². The Morgan fingerprint density at radius 1 is 1.41 bits per heavy atom. The van der Waals surface area contributed by atoms with Crippen LogP contribution in [0.4, 0.5) is 0 Å². The summed E-state index contributed by atoms with van der Waals surface area (Å²) in [5, 5.41) is 9.59. The molecule has 1 amide bonds. The number of hydrogen-bond acceptors (Lipinski definition) is 5. The number of hydrogen-bond donors (Lipinski definition) is 1. The van der Waals surface area contributed by atoms with Crippen molar-refractivity contribution in [3.05, 3.63) is 30.6 Å². The second-order valence-electron chi connectivity index (χ2n) is 6.37. The number of rotatable bonds is 6. The first-order valence-corrected chi connectivity index (χ1v) is 10.9. The molecule has 1 aromatic carbocycles. The number of amidine groups is 1. The average Bonchev–Trinajstić information content (AvgIpc) is 2.80. The van der Waals surface area contributed by atoms with E-state index in [1.807, 2.05) is 39.8 Å². The number of carboxylic acids is 1. The van der Waals surface area contributed by atoms with Crippen LogP contribution < -0.4 is 4.74 Å². The van der Waals surface area contributed by atoms with Crippen LogP contribution in [-0.4, -0.2) is 45.7 Å². The molecule has 1 aliphatic heterocycles. The number of carboxylic acid groups (broad SMARTS) is 1. The van der Waals surface area contributed by atoms with Crippen molar-refractivity contribution in [1.82, 2.24) is 4.90 Å². The van der Waals surface area contributed by atoms with Crippen LogP contribution >= 0.6 is 50.3 Å². The monoisotopic (exact) mass is 566 g/mol. The van der Waals surface area contributed by atoms with Crippen LogP contribution in [0.25, 0.3) is 6.08 Å². The van der Waals surface area contributed by atoms with E-state index in [0.29, 0.717) is 25.9 Å². The zero-order valence-electron chi connectivity index (χ0n) is 15.3. The fourth-order valence-electron chi connectivity index (χ4n) is 2.37. The third-order valence-corrected chi connectivity index (χ3v) is 5.59. The van der Waals surface area contributed by atoms with E-state index in [0.717, 1.165) is 3.57 Å². The molecule has 0 spiro atoms. The number of aliphatic carboxylic acids is 1. The second kappa shape index (κ2) is 9.42. The van der Waals surface area contributed by atoms with Gasteiger partial charge in [0.1, 0.15) is 5.75 Å². The Hall–Kier alpha value is -1.07. The smallest absolute Gasteiger partial charge is 0.341 e. The van der Waals surface area contributed by atoms with Crippen LogP contribution in [0, 0.1) is 3.57 Å². The molecule has 9 heteroatoms. The molecule has 1 N–H and O–H groups in total. The lowest BCUT2D eigenvalue weighted by molar-refractivity contribution is -0.139. The van der Waals surface area contributed by atoms with Crippen LogP contribution in [0.15, 0.2) is 26.5 Å². The number of carbonyl (C=O) groups is 2. The van der Waals surface area contributed by atoms with Gasteiger partial charge in [-0.25, -0.2) is 4.79 Å². The van der Waals surface area contributed by atoms with Gasteiger partial charge in [-0.3, -0.25) is 14.7 Å². The van der Waals surface area contributed by atoms with E-state index < -0.39 is 12.6 Å². The molecule has 1 heterocycles. The minimum absolute atomic E-state index is 0.0150. The molecule has 6 nitrogen and oxygen atoms in total. The van der Waals surface area contributed by atoms with E-state index in [4.69, 9.17) is 9.84 Å². The van der Waals surface area contributed by atoms with Gasteiger partial charge in [-0.05, 0) is 96.2 Å². The summed E-state index contributed by atoms with van der Waals surface area (Å²) < 4.78 is 7.00. The summed E-state index contributed by atoms with van der Waals surface area (Å²) in [4.78, 5) is 30.5. The predicted octanol–water partition coefficient (Wildman–Crippen LogP) is 4.61. The Morgan fingerprint density at radius 3 is 2.63 bits per heavy atom. The molecule has 0 radical (unpaired) electrons. The first-order valence-electron chi connectivity index (χ1n) is 8.24. The Kier molecular flexibility index (Phi) is 7.75. The topological polar surface area (TPSA) is 79.2 Å². The summed E-state index contributed by atoms with van der Waals surface area (Å²) in [5.74, 6) is -0.791. The lowest BCUT2D eigenvalue weighted by Gasteiger charge is -2.20. The van der Waals surface area contributed by atoms with Crippen LogP contribution in [-0.2, 0) is 9.59 Å². The maximum atomic E-state index is 12.9. The summed E-state index contributed by atoms with van der Waals surface area (Å²) in [6.45, 7) is 7.36. The van der Waals surface area contributed by atoms with Gasteiger partial charge in [-0.1, -0.05) is 0 Å². The molecule has 0 unspecified atom stereocenters. The van der Waals surface area contributed by atoms with Crippen molar-refractivity contribution in [1.29, 1.82) is 0 Å². The maximum absolute atomic E-state index is 12.9. The highest BCUT2D eigenvalue weighted by Gasteiger charge is 2.35. The molecule has 0 bridgehead atoms. The van der Waals surface area contributed by atoms with Gasteiger partial charge in [0.25, 0.3) is 5.91 Å². The Labute approximate surface area is 184 Å². The number of nitrogens with zero attached hydrogens (tertiary/aromatic N) is 2. The molecule has 27 heavy (non-hydrogen) atoms. The third-order valence-electron chi connectivity index (χ3n) is 3.39. The van der Waals surface area contributed by atoms with Gasteiger partial charge in [0.15, 0.2) is 11.8 Å². The number of halogens is 2. The lowest BCUT2D eigenvalue weighted by Crippen LogP contribution is -2.35. The lowest BCUT2D eigenvalue weighted by atomic mass is 10.1. The minimum atomic E-state index is -1.07. The van der Waals surface area contributed by atoms with Crippen molar-refractivity contribution in [2.45, 2.75) is 39.8 Å². The van der Waals surface area contributed by atoms with Crippen molar-refractivity contribution < 1.29 is 19.4 Å². The van der Waals surface area contributed by atoms with Crippen LogP contribution in [0.1, 0.15) is 33.3 Å². The fraction of sp³-hybridized carbons (Fsp3) is 0.389. The van der Waals surface area contributed by atoms with Crippen molar-refractivity contribution >= 4 is 73.4 Å². The Morgan fingerprint density at radius 2 is 2.07 bits per heavy atom. The molecule has 0 saturated carbocycles. The molecule has 0 atom stereocenters. The van der Waals surface area contributed by atoms with Crippen molar-refractivity contribution in [2.75, 3.05) is 6.61 Å². The van der Waals surface area contributed by atoms with Gasteiger partial charge in [-0.2, -0.15) is 0 Å². The summed E-state index contributed by atoms with van der Waals surface area (Å²) in [7, 11) is 0. The molecule has 1 aliphatic rings. The second-order valence-corrected chi connectivity index (χ2v) is 9.48. The van der Waals surface area contributed by atoms with Crippen molar-refractivity contribution in [3.63, 3.8) is 0 Å². The zero-order chi connectivity index (χ0) is 20.3. The number of ether oxygens (including phenoxy) is 1. The number of thioether (sulfide) groups is 1. The van der Waals surface area contributed by atoms with E-state index >= 15 is 0 Å².